The zero-order valence-corrected chi connectivity index (χ0v) is 13.1. The van der Waals surface area contributed by atoms with E-state index < -0.39 is 9.84 Å². The molecule has 1 saturated heterocycles. The maximum Gasteiger partial charge on any atom is 0.317 e. The number of carbonyl (C=O) groups excluding carboxylic acids is 1. The van der Waals surface area contributed by atoms with E-state index in [0.717, 1.165) is 18.5 Å². The van der Waals surface area contributed by atoms with Crippen molar-refractivity contribution in [2.24, 2.45) is 0 Å². The number of amides is 2. The van der Waals surface area contributed by atoms with Gasteiger partial charge in [0, 0.05) is 24.5 Å². The van der Waals surface area contributed by atoms with Gasteiger partial charge in [-0.1, -0.05) is 0 Å². The maximum atomic E-state index is 11.8. The summed E-state index contributed by atoms with van der Waals surface area (Å²) in [5, 5.41) is 2.84. The van der Waals surface area contributed by atoms with E-state index >= 15 is 0 Å². The number of nitrogens with one attached hydrogen (secondary N) is 1. The van der Waals surface area contributed by atoms with Gasteiger partial charge in [0.25, 0.3) is 0 Å². The lowest BCUT2D eigenvalue weighted by molar-refractivity contribution is 0.202. The summed E-state index contributed by atoms with van der Waals surface area (Å²) >= 11 is 1.64. The Balaban J connectivity index is 1.67. The van der Waals surface area contributed by atoms with Gasteiger partial charge < -0.3 is 10.2 Å². The molecule has 1 fully saturated rings. The summed E-state index contributed by atoms with van der Waals surface area (Å²) in [6, 6.07) is -0.166. The molecule has 0 unspecified atom stereocenters. The number of nitrogens with zero attached hydrogens (tertiary/aromatic N) is 2. The first-order chi connectivity index (χ1) is 9.48. The third-order valence-corrected chi connectivity index (χ3v) is 5.94. The van der Waals surface area contributed by atoms with E-state index in [9.17, 15) is 13.2 Å². The summed E-state index contributed by atoms with van der Waals surface area (Å²) in [7, 11) is -2.94. The molecular formula is C12H19N3O3S2. The zero-order chi connectivity index (χ0) is 14.6. The topological polar surface area (TPSA) is 79.4 Å². The summed E-state index contributed by atoms with van der Waals surface area (Å²) in [6.45, 7) is 3.17. The van der Waals surface area contributed by atoms with E-state index in [1.165, 1.54) is 4.88 Å². The standard InChI is InChI=1S/C12H19N3O3S2/c1-10-11(19-9-14-10)3-2-4-13-12(16)15-5-7-20(17,18)8-6-15/h9H,2-8H2,1H3,(H,13,16). The minimum atomic E-state index is -2.94. The second-order valence-electron chi connectivity index (χ2n) is 4.84. The Morgan fingerprint density at radius 1 is 1.45 bits per heavy atom. The Morgan fingerprint density at radius 2 is 2.15 bits per heavy atom. The first-order valence-electron chi connectivity index (χ1n) is 6.60. The van der Waals surface area contributed by atoms with Crippen LogP contribution in [0.4, 0.5) is 4.79 Å². The smallest absolute Gasteiger partial charge is 0.317 e. The maximum absolute atomic E-state index is 11.8. The molecule has 1 aliphatic rings. The van der Waals surface area contributed by atoms with Crippen molar-refractivity contribution in [3.63, 3.8) is 0 Å². The van der Waals surface area contributed by atoms with Crippen LogP contribution in [0, 0.1) is 6.92 Å². The number of aromatic nitrogens is 1. The fourth-order valence-electron chi connectivity index (χ4n) is 2.04. The molecule has 20 heavy (non-hydrogen) atoms. The highest BCUT2D eigenvalue weighted by Crippen LogP contribution is 2.13. The van der Waals surface area contributed by atoms with Crippen LogP contribution in [0.3, 0.4) is 0 Å². The van der Waals surface area contributed by atoms with E-state index in [2.05, 4.69) is 10.3 Å². The van der Waals surface area contributed by atoms with Gasteiger partial charge in [0.1, 0.15) is 0 Å². The van der Waals surface area contributed by atoms with Crippen LogP contribution in [0.25, 0.3) is 0 Å². The first-order valence-corrected chi connectivity index (χ1v) is 9.30. The third-order valence-electron chi connectivity index (χ3n) is 3.33. The molecule has 2 heterocycles. The van der Waals surface area contributed by atoms with Crippen molar-refractivity contribution in [1.82, 2.24) is 15.2 Å². The van der Waals surface area contributed by atoms with Crippen molar-refractivity contribution in [1.29, 1.82) is 0 Å². The number of thiazole rings is 1. The van der Waals surface area contributed by atoms with Gasteiger partial charge >= 0.3 is 6.03 Å². The number of aryl methyl sites for hydroxylation is 2. The Morgan fingerprint density at radius 3 is 2.75 bits per heavy atom. The molecule has 0 aliphatic carbocycles. The van der Waals surface area contributed by atoms with Crippen LogP contribution < -0.4 is 5.32 Å². The van der Waals surface area contributed by atoms with Crippen molar-refractivity contribution in [2.75, 3.05) is 31.1 Å². The largest absolute Gasteiger partial charge is 0.338 e. The number of sulfone groups is 1. The lowest BCUT2D eigenvalue weighted by Gasteiger charge is -2.26. The normalized spacial score (nSPS) is 17.9. The molecule has 0 atom stereocenters. The van der Waals surface area contributed by atoms with Gasteiger partial charge in [-0.05, 0) is 19.8 Å². The SMILES string of the molecule is Cc1ncsc1CCCNC(=O)N1CCS(=O)(=O)CC1. The number of urea groups is 1. The molecule has 0 radical (unpaired) electrons. The van der Waals surface area contributed by atoms with Crippen molar-refractivity contribution < 1.29 is 13.2 Å². The molecule has 2 rings (SSSR count). The van der Waals surface area contributed by atoms with Gasteiger partial charge in [-0.2, -0.15) is 0 Å². The number of hydrogen-bond acceptors (Lipinski definition) is 5. The Labute approximate surface area is 123 Å². The molecule has 1 aromatic rings. The summed E-state index contributed by atoms with van der Waals surface area (Å²) in [5.41, 5.74) is 2.89. The average molecular weight is 317 g/mol. The lowest BCUT2D eigenvalue weighted by atomic mass is 10.2. The summed E-state index contributed by atoms with van der Waals surface area (Å²) < 4.78 is 22.6. The number of rotatable bonds is 4. The lowest BCUT2D eigenvalue weighted by Crippen LogP contribution is -2.48. The van der Waals surface area contributed by atoms with Crippen molar-refractivity contribution in [3.05, 3.63) is 16.1 Å². The van der Waals surface area contributed by atoms with Gasteiger partial charge in [0.15, 0.2) is 9.84 Å². The molecule has 1 N–H and O–H groups in total. The minimum absolute atomic E-state index is 0.0699. The Bertz CT molecular complexity index is 554. The number of carbonyl (C=O) groups is 1. The van der Waals surface area contributed by atoms with E-state index in [-0.39, 0.29) is 17.5 Å². The third kappa shape index (κ3) is 4.17. The molecule has 0 aromatic carbocycles. The van der Waals surface area contributed by atoms with Gasteiger partial charge in [-0.3, -0.25) is 0 Å². The van der Waals surface area contributed by atoms with Crippen LogP contribution in [-0.2, 0) is 16.3 Å². The first kappa shape index (κ1) is 15.2. The quantitative estimate of drug-likeness (QED) is 0.834. The molecule has 0 spiro atoms. The summed E-state index contributed by atoms with van der Waals surface area (Å²) in [5.74, 6) is 0.140. The van der Waals surface area contributed by atoms with Crippen molar-refractivity contribution >= 4 is 27.2 Å². The minimum Gasteiger partial charge on any atom is -0.338 e. The van der Waals surface area contributed by atoms with Gasteiger partial charge in [0.05, 0.1) is 22.7 Å². The molecule has 1 aliphatic heterocycles. The van der Waals surface area contributed by atoms with Gasteiger partial charge in [0.2, 0.25) is 0 Å². The molecule has 112 valence electrons. The predicted octanol–water partition coefficient (Wildman–Crippen LogP) is 0.824. The van der Waals surface area contributed by atoms with Crippen LogP contribution in [0.2, 0.25) is 0 Å². The van der Waals surface area contributed by atoms with E-state index in [4.69, 9.17) is 0 Å². The Hall–Kier alpha value is -1.15. The van der Waals surface area contributed by atoms with Gasteiger partial charge in [-0.15, -0.1) is 11.3 Å². The molecular weight excluding hydrogens is 298 g/mol. The average Bonchev–Trinajstić information content (AvgIpc) is 2.80. The molecule has 6 nitrogen and oxygen atoms in total. The second kappa shape index (κ2) is 6.53. The van der Waals surface area contributed by atoms with E-state index in [0.29, 0.717) is 19.6 Å². The highest BCUT2D eigenvalue weighted by atomic mass is 32.2. The predicted molar refractivity (Wildman–Crippen MR) is 78.8 cm³/mol. The van der Waals surface area contributed by atoms with Crippen LogP contribution in [0.1, 0.15) is 17.0 Å². The van der Waals surface area contributed by atoms with Crippen LogP contribution in [0.5, 0.6) is 0 Å². The molecule has 1 aromatic heterocycles. The van der Waals surface area contributed by atoms with Crippen molar-refractivity contribution in [2.45, 2.75) is 19.8 Å². The van der Waals surface area contributed by atoms with Crippen LogP contribution in [-0.4, -0.2) is 55.5 Å². The Kier molecular flexibility index (Phi) is 4.98. The number of hydrogen-bond donors (Lipinski definition) is 1. The van der Waals surface area contributed by atoms with Crippen LogP contribution >= 0.6 is 11.3 Å². The van der Waals surface area contributed by atoms with Crippen molar-refractivity contribution in [3.8, 4) is 0 Å². The highest BCUT2D eigenvalue weighted by molar-refractivity contribution is 7.91. The summed E-state index contributed by atoms with van der Waals surface area (Å²) in [4.78, 5) is 18.9. The molecule has 0 bridgehead atoms. The molecule has 0 saturated carbocycles. The summed E-state index contributed by atoms with van der Waals surface area (Å²) in [6.07, 6.45) is 1.77. The molecule has 8 heteroatoms. The van der Waals surface area contributed by atoms with Gasteiger partial charge in [-0.25, -0.2) is 18.2 Å². The second-order valence-corrected chi connectivity index (χ2v) is 8.08. The monoisotopic (exact) mass is 317 g/mol. The van der Waals surface area contributed by atoms with E-state index in [1.54, 1.807) is 16.2 Å². The zero-order valence-electron chi connectivity index (χ0n) is 11.5. The highest BCUT2D eigenvalue weighted by Gasteiger charge is 2.24. The van der Waals surface area contributed by atoms with E-state index in [1.807, 2.05) is 12.4 Å². The molecule has 2 amide bonds. The van der Waals surface area contributed by atoms with Crippen LogP contribution in [0.15, 0.2) is 5.51 Å². The fourth-order valence-corrected chi connectivity index (χ4v) is 4.06. The fraction of sp³-hybridized carbons (Fsp3) is 0.667.